The number of carbonyl (C=O) groups excluding carboxylic acids is 1. The molecule has 1 aliphatic carbocycles. The van der Waals surface area contributed by atoms with Crippen molar-refractivity contribution in [2.24, 2.45) is 0 Å². The average molecular weight is 431 g/mol. The van der Waals surface area contributed by atoms with Crippen molar-refractivity contribution < 1.29 is 9.53 Å². The molecule has 2 aromatic rings. The van der Waals surface area contributed by atoms with Crippen molar-refractivity contribution in [3.05, 3.63) is 52.6 Å². The molecule has 1 aromatic carbocycles. The number of nitrogens with zero attached hydrogens (tertiary/aromatic N) is 2. The number of hydrogen-bond donors (Lipinski definition) is 2. The molecule has 0 radical (unpaired) electrons. The van der Waals surface area contributed by atoms with Gasteiger partial charge in [-0.15, -0.1) is 0 Å². The number of hydrogen-bond acceptors (Lipinski definition) is 5. The highest BCUT2D eigenvalue weighted by molar-refractivity contribution is 9.10. The van der Waals surface area contributed by atoms with E-state index in [4.69, 9.17) is 4.74 Å². The van der Waals surface area contributed by atoms with E-state index in [9.17, 15) is 4.79 Å². The van der Waals surface area contributed by atoms with Gasteiger partial charge in [0.2, 0.25) is 0 Å². The van der Waals surface area contributed by atoms with Gasteiger partial charge < -0.3 is 15.4 Å². The molecule has 1 amide bonds. The van der Waals surface area contributed by atoms with Gasteiger partial charge in [0.05, 0.1) is 18.3 Å². The van der Waals surface area contributed by atoms with Gasteiger partial charge in [-0.05, 0) is 49.2 Å². The highest BCUT2D eigenvalue weighted by atomic mass is 79.9. The highest BCUT2D eigenvalue weighted by Crippen LogP contribution is 2.28. The van der Waals surface area contributed by atoms with Gasteiger partial charge in [-0.25, -0.2) is 4.98 Å². The molecule has 1 aliphatic heterocycles. The van der Waals surface area contributed by atoms with E-state index in [1.165, 1.54) is 12.8 Å². The van der Waals surface area contributed by atoms with E-state index in [2.05, 4.69) is 36.4 Å². The number of rotatable bonds is 6. The minimum atomic E-state index is -0.183. The van der Waals surface area contributed by atoms with E-state index in [1.807, 2.05) is 24.3 Å². The van der Waals surface area contributed by atoms with E-state index in [0.717, 1.165) is 35.9 Å². The molecule has 2 fully saturated rings. The molecule has 27 heavy (non-hydrogen) atoms. The summed E-state index contributed by atoms with van der Waals surface area (Å²) >= 11 is 3.40. The molecule has 1 atom stereocenters. The number of ether oxygens (including phenoxy) is 1. The Balaban J connectivity index is 1.38. The summed E-state index contributed by atoms with van der Waals surface area (Å²) in [4.78, 5) is 19.5. The highest BCUT2D eigenvalue weighted by Gasteiger charge is 2.32. The lowest BCUT2D eigenvalue weighted by atomic mass is 10.2. The second-order valence-electron chi connectivity index (χ2n) is 6.96. The molecule has 0 spiro atoms. The van der Waals surface area contributed by atoms with Crippen LogP contribution in [-0.2, 0) is 4.74 Å². The largest absolute Gasteiger partial charge is 0.374 e. The van der Waals surface area contributed by atoms with E-state index < -0.39 is 0 Å². The number of morpholine rings is 1. The number of halogens is 1. The van der Waals surface area contributed by atoms with Crippen LogP contribution in [0.25, 0.3) is 0 Å². The quantitative estimate of drug-likeness (QED) is 0.735. The first-order valence-electron chi connectivity index (χ1n) is 9.30. The zero-order valence-corrected chi connectivity index (χ0v) is 16.6. The molecular weight excluding hydrogens is 408 g/mol. The van der Waals surface area contributed by atoms with Crippen LogP contribution >= 0.6 is 15.9 Å². The second-order valence-corrected chi connectivity index (χ2v) is 7.88. The van der Waals surface area contributed by atoms with Gasteiger partial charge in [0.15, 0.2) is 0 Å². The average Bonchev–Trinajstić information content (AvgIpc) is 3.54. The Labute approximate surface area is 167 Å². The number of carbonyl (C=O) groups is 1. The molecule has 2 heterocycles. The van der Waals surface area contributed by atoms with Crippen LogP contribution in [0.2, 0.25) is 0 Å². The Morgan fingerprint density at radius 1 is 1.26 bits per heavy atom. The van der Waals surface area contributed by atoms with Crippen LogP contribution in [0.4, 0.5) is 11.5 Å². The summed E-state index contributed by atoms with van der Waals surface area (Å²) in [7, 11) is 0. The maximum absolute atomic E-state index is 12.7. The molecule has 7 heteroatoms. The lowest BCUT2D eigenvalue weighted by molar-refractivity contribution is -0.0241. The lowest BCUT2D eigenvalue weighted by Crippen LogP contribution is -2.46. The van der Waals surface area contributed by atoms with Crippen LogP contribution < -0.4 is 10.6 Å². The van der Waals surface area contributed by atoms with E-state index in [1.54, 1.807) is 18.3 Å². The first-order chi connectivity index (χ1) is 13.2. The van der Waals surface area contributed by atoms with E-state index in [-0.39, 0.29) is 12.0 Å². The van der Waals surface area contributed by atoms with Gasteiger partial charge in [-0.2, -0.15) is 0 Å². The molecule has 6 nitrogen and oxygen atoms in total. The smallest absolute Gasteiger partial charge is 0.259 e. The third kappa shape index (κ3) is 4.86. The zero-order chi connectivity index (χ0) is 18.6. The van der Waals surface area contributed by atoms with Crippen LogP contribution in [0.1, 0.15) is 23.2 Å². The van der Waals surface area contributed by atoms with Gasteiger partial charge in [0.25, 0.3) is 5.91 Å². The van der Waals surface area contributed by atoms with Crippen molar-refractivity contribution in [3.63, 3.8) is 0 Å². The number of benzene rings is 1. The van der Waals surface area contributed by atoms with Crippen molar-refractivity contribution in [2.45, 2.75) is 25.0 Å². The summed E-state index contributed by atoms with van der Waals surface area (Å²) in [5.41, 5.74) is 1.27. The molecule has 142 valence electrons. The maximum Gasteiger partial charge on any atom is 0.259 e. The van der Waals surface area contributed by atoms with Crippen LogP contribution in [0.3, 0.4) is 0 Å². The van der Waals surface area contributed by atoms with Gasteiger partial charge in [-0.1, -0.05) is 15.9 Å². The molecule has 4 rings (SSSR count). The number of amides is 1. The number of pyridine rings is 1. The molecule has 1 aromatic heterocycles. The van der Waals surface area contributed by atoms with E-state index in [0.29, 0.717) is 17.9 Å². The second kappa shape index (κ2) is 8.37. The molecule has 1 saturated heterocycles. The molecular formula is C20H23BrN4O2. The fourth-order valence-electron chi connectivity index (χ4n) is 3.31. The fourth-order valence-corrected chi connectivity index (χ4v) is 3.57. The normalized spacial score (nSPS) is 20.3. The summed E-state index contributed by atoms with van der Waals surface area (Å²) in [6.45, 7) is 3.36. The van der Waals surface area contributed by atoms with Gasteiger partial charge in [-0.3, -0.25) is 9.69 Å². The van der Waals surface area contributed by atoms with Crippen molar-refractivity contribution in [3.8, 4) is 0 Å². The SMILES string of the molecule is O=C(Nc1ccc(Br)cc1)c1cccnc1NCC1CN(C2CC2)CCO1. The van der Waals surface area contributed by atoms with Crippen LogP contribution in [0.15, 0.2) is 47.1 Å². The summed E-state index contributed by atoms with van der Waals surface area (Å²) in [6, 6.07) is 11.8. The van der Waals surface area contributed by atoms with Crippen LogP contribution in [0.5, 0.6) is 0 Å². The van der Waals surface area contributed by atoms with Crippen molar-refractivity contribution in [1.29, 1.82) is 0 Å². The van der Waals surface area contributed by atoms with Gasteiger partial charge in [0, 0.05) is 42.0 Å². The van der Waals surface area contributed by atoms with Gasteiger partial charge >= 0.3 is 0 Å². The van der Waals surface area contributed by atoms with Crippen LogP contribution in [0, 0.1) is 0 Å². The number of aromatic nitrogens is 1. The topological polar surface area (TPSA) is 66.5 Å². The molecule has 0 bridgehead atoms. The van der Waals surface area contributed by atoms with Crippen LogP contribution in [-0.4, -0.2) is 54.2 Å². The molecule has 1 saturated carbocycles. The Kier molecular flexibility index (Phi) is 5.71. The minimum Gasteiger partial charge on any atom is -0.374 e. The standard InChI is InChI=1S/C20H23BrN4O2/c21-14-3-5-15(6-4-14)24-20(26)18-2-1-9-22-19(18)23-12-17-13-25(10-11-27-17)16-7-8-16/h1-6,9,16-17H,7-8,10-13H2,(H,22,23)(H,24,26). The predicted molar refractivity (Wildman–Crippen MR) is 109 cm³/mol. The number of anilines is 2. The monoisotopic (exact) mass is 430 g/mol. The van der Waals surface area contributed by atoms with Crippen molar-refractivity contribution in [1.82, 2.24) is 9.88 Å². The minimum absolute atomic E-state index is 0.115. The third-order valence-electron chi connectivity index (χ3n) is 4.89. The zero-order valence-electron chi connectivity index (χ0n) is 15.0. The third-order valence-corrected chi connectivity index (χ3v) is 5.41. The Morgan fingerprint density at radius 2 is 2.07 bits per heavy atom. The molecule has 1 unspecified atom stereocenters. The lowest BCUT2D eigenvalue weighted by Gasteiger charge is -2.33. The first kappa shape index (κ1) is 18.4. The fraction of sp³-hybridized carbons (Fsp3) is 0.400. The Hall–Kier alpha value is -1.96. The molecule has 2 aliphatic rings. The number of nitrogens with one attached hydrogen (secondary N) is 2. The van der Waals surface area contributed by atoms with Crippen molar-refractivity contribution >= 4 is 33.3 Å². The summed E-state index contributed by atoms with van der Waals surface area (Å²) in [5.74, 6) is 0.399. The predicted octanol–water partition coefficient (Wildman–Crippen LogP) is 3.37. The summed E-state index contributed by atoms with van der Waals surface area (Å²) < 4.78 is 6.85. The summed E-state index contributed by atoms with van der Waals surface area (Å²) in [6.07, 6.45) is 4.42. The molecule has 2 N–H and O–H groups in total. The van der Waals surface area contributed by atoms with Crippen molar-refractivity contribution in [2.75, 3.05) is 36.9 Å². The van der Waals surface area contributed by atoms with Gasteiger partial charge in [0.1, 0.15) is 5.82 Å². The maximum atomic E-state index is 12.7. The summed E-state index contributed by atoms with van der Waals surface area (Å²) in [5, 5.41) is 6.22. The Bertz CT molecular complexity index is 795. The first-order valence-corrected chi connectivity index (χ1v) is 10.1. The Morgan fingerprint density at radius 3 is 2.85 bits per heavy atom. The van der Waals surface area contributed by atoms with E-state index >= 15 is 0 Å².